The zero-order valence-electron chi connectivity index (χ0n) is 9.42. The van der Waals surface area contributed by atoms with Gasteiger partial charge < -0.3 is 5.11 Å². The normalized spacial score (nSPS) is 44.9. The minimum atomic E-state index is -0.156. The Kier molecular flexibility index (Phi) is 2.46. The predicted molar refractivity (Wildman–Crippen MR) is 59.0 cm³/mol. The third kappa shape index (κ3) is 1.42. The van der Waals surface area contributed by atoms with E-state index in [1.807, 2.05) is 6.92 Å². The van der Waals surface area contributed by atoms with E-state index in [-0.39, 0.29) is 6.10 Å². The van der Waals surface area contributed by atoms with E-state index in [4.69, 9.17) is 0 Å². The summed E-state index contributed by atoms with van der Waals surface area (Å²) in [5, 5.41) is 9.78. The Hall–Kier alpha value is -0.300. The van der Waals surface area contributed by atoms with Gasteiger partial charge in [0.2, 0.25) is 0 Å². The maximum Gasteiger partial charge on any atom is 0.0546 e. The van der Waals surface area contributed by atoms with Crippen molar-refractivity contribution in [2.24, 2.45) is 17.3 Å². The second kappa shape index (κ2) is 3.37. The highest BCUT2D eigenvalue weighted by Gasteiger charge is 2.48. The molecule has 0 aromatic carbocycles. The molecule has 0 bridgehead atoms. The average Bonchev–Trinajstić information content (AvgIpc) is 2.43. The first-order valence-corrected chi connectivity index (χ1v) is 5.90. The Morgan fingerprint density at radius 3 is 2.86 bits per heavy atom. The van der Waals surface area contributed by atoms with Crippen LogP contribution in [0.1, 0.15) is 46.0 Å². The van der Waals surface area contributed by atoms with Gasteiger partial charge in [0.25, 0.3) is 0 Å². The highest BCUT2D eigenvalue weighted by atomic mass is 16.3. The van der Waals surface area contributed by atoms with Crippen molar-refractivity contribution in [1.82, 2.24) is 0 Å². The molecule has 2 aliphatic rings. The quantitative estimate of drug-likeness (QED) is 0.636. The zero-order chi connectivity index (χ0) is 10.3. The summed E-state index contributed by atoms with van der Waals surface area (Å²) in [6.45, 7) is 8.56. The van der Waals surface area contributed by atoms with Crippen LogP contribution in [0, 0.1) is 17.3 Å². The van der Waals surface area contributed by atoms with E-state index in [9.17, 15) is 5.11 Å². The highest BCUT2D eigenvalue weighted by Crippen LogP contribution is 2.57. The number of rotatable bonds is 1. The van der Waals surface area contributed by atoms with Crippen LogP contribution < -0.4 is 0 Å². The molecule has 2 aliphatic carbocycles. The van der Waals surface area contributed by atoms with Gasteiger partial charge in [0.05, 0.1) is 6.10 Å². The molecular weight excluding hydrogens is 172 g/mol. The summed E-state index contributed by atoms with van der Waals surface area (Å²) in [5.74, 6) is 1.07. The monoisotopic (exact) mass is 194 g/mol. The van der Waals surface area contributed by atoms with Crippen LogP contribution in [0.2, 0.25) is 0 Å². The summed E-state index contributed by atoms with van der Waals surface area (Å²) in [6, 6.07) is 0. The van der Waals surface area contributed by atoms with Crippen LogP contribution in [-0.4, -0.2) is 11.2 Å². The summed E-state index contributed by atoms with van der Waals surface area (Å²) in [7, 11) is 0. The first kappa shape index (κ1) is 10.2. The minimum absolute atomic E-state index is 0.156. The Morgan fingerprint density at radius 1 is 1.50 bits per heavy atom. The summed E-state index contributed by atoms with van der Waals surface area (Å²) >= 11 is 0. The number of hydrogen-bond acceptors (Lipinski definition) is 1. The van der Waals surface area contributed by atoms with E-state index in [0.29, 0.717) is 17.3 Å². The van der Waals surface area contributed by atoms with Gasteiger partial charge in [0, 0.05) is 0 Å². The summed E-state index contributed by atoms with van der Waals surface area (Å²) in [4.78, 5) is 0. The molecule has 0 aromatic heterocycles. The predicted octanol–water partition coefficient (Wildman–Crippen LogP) is 3.14. The molecule has 2 saturated carbocycles. The van der Waals surface area contributed by atoms with Crippen LogP contribution >= 0.6 is 0 Å². The van der Waals surface area contributed by atoms with Crippen molar-refractivity contribution in [3.8, 4) is 0 Å². The maximum absolute atomic E-state index is 9.78. The fraction of sp³-hybridized carbons (Fsp3) is 0.846. The topological polar surface area (TPSA) is 20.2 Å². The van der Waals surface area contributed by atoms with Crippen LogP contribution in [-0.2, 0) is 0 Å². The van der Waals surface area contributed by atoms with Gasteiger partial charge >= 0.3 is 0 Å². The molecule has 4 atom stereocenters. The summed E-state index contributed by atoms with van der Waals surface area (Å²) in [6.07, 6.45) is 6.14. The van der Waals surface area contributed by atoms with E-state index < -0.39 is 0 Å². The molecule has 0 unspecified atom stereocenters. The van der Waals surface area contributed by atoms with Gasteiger partial charge in [-0.05, 0) is 56.3 Å². The molecule has 0 heterocycles. The van der Waals surface area contributed by atoms with Crippen molar-refractivity contribution >= 4 is 0 Å². The van der Waals surface area contributed by atoms with Gasteiger partial charge in [-0.25, -0.2) is 0 Å². The lowest BCUT2D eigenvalue weighted by molar-refractivity contribution is 0.0768. The number of aliphatic hydroxyl groups excluding tert-OH is 1. The molecule has 0 amide bonds. The maximum atomic E-state index is 9.78. The molecule has 80 valence electrons. The number of fused-ring (bicyclic) bond motifs is 1. The van der Waals surface area contributed by atoms with Crippen LogP contribution in [0.5, 0.6) is 0 Å². The van der Waals surface area contributed by atoms with Crippen molar-refractivity contribution in [2.45, 2.75) is 52.1 Å². The third-order valence-electron chi connectivity index (χ3n) is 4.53. The Balaban J connectivity index is 2.24. The standard InChI is InChI=1S/C13H22O/c1-9-5-4-7-13(3)8-6-11(10(2)14)12(9)13/h10-12,14H,1,4-8H2,2-3H3/t10-,11+,12+,13-/m1/s1. The van der Waals surface area contributed by atoms with Crippen LogP contribution in [0.25, 0.3) is 0 Å². The van der Waals surface area contributed by atoms with Crippen molar-refractivity contribution < 1.29 is 5.11 Å². The van der Waals surface area contributed by atoms with E-state index in [0.717, 1.165) is 0 Å². The lowest BCUT2D eigenvalue weighted by atomic mass is 9.65. The second-order valence-electron chi connectivity index (χ2n) is 5.59. The SMILES string of the molecule is C=C1CCC[C@]2(C)CC[C@@H]([C@@H](C)O)[C@H]12. The molecule has 14 heavy (non-hydrogen) atoms. The van der Waals surface area contributed by atoms with Crippen molar-refractivity contribution in [1.29, 1.82) is 0 Å². The smallest absolute Gasteiger partial charge is 0.0546 e. The molecule has 1 heteroatoms. The molecule has 0 saturated heterocycles. The molecular formula is C13H22O. The van der Waals surface area contributed by atoms with E-state index in [1.165, 1.54) is 37.7 Å². The molecule has 0 radical (unpaired) electrons. The minimum Gasteiger partial charge on any atom is -0.393 e. The molecule has 1 N–H and O–H groups in total. The largest absolute Gasteiger partial charge is 0.393 e. The molecule has 0 aromatic rings. The van der Waals surface area contributed by atoms with Gasteiger partial charge in [-0.3, -0.25) is 0 Å². The Morgan fingerprint density at radius 2 is 2.21 bits per heavy atom. The number of aliphatic hydroxyl groups is 1. The van der Waals surface area contributed by atoms with Crippen molar-refractivity contribution in [2.75, 3.05) is 0 Å². The summed E-state index contributed by atoms with van der Waals surface area (Å²) in [5.41, 5.74) is 1.86. The Labute approximate surface area is 87.2 Å². The fourth-order valence-electron chi connectivity index (χ4n) is 3.81. The van der Waals surface area contributed by atoms with Gasteiger partial charge in [-0.15, -0.1) is 0 Å². The molecule has 2 fully saturated rings. The average molecular weight is 194 g/mol. The number of allylic oxidation sites excluding steroid dienone is 1. The van der Waals surface area contributed by atoms with Crippen molar-refractivity contribution in [3.63, 3.8) is 0 Å². The zero-order valence-corrected chi connectivity index (χ0v) is 9.42. The first-order chi connectivity index (χ1) is 6.54. The molecule has 2 rings (SSSR count). The summed E-state index contributed by atoms with van der Waals surface area (Å²) < 4.78 is 0. The van der Waals surface area contributed by atoms with Crippen molar-refractivity contribution in [3.05, 3.63) is 12.2 Å². The molecule has 0 aliphatic heterocycles. The fourth-order valence-corrected chi connectivity index (χ4v) is 3.81. The highest BCUT2D eigenvalue weighted by molar-refractivity contribution is 5.15. The third-order valence-corrected chi connectivity index (χ3v) is 4.53. The Bertz CT molecular complexity index is 244. The van der Waals surface area contributed by atoms with Gasteiger partial charge in [-0.2, -0.15) is 0 Å². The van der Waals surface area contributed by atoms with Crippen LogP contribution in [0.4, 0.5) is 0 Å². The molecule has 1 nitrogen and oxygen atoms in total. The number of hydrogen-bond donors (Lipinski definition) is 1. The van der Waals surface area contributed by atoms with Gasteiger partial charge in [-0.1, -0.05) is 19.1 Å². The molecule has 0 spiro atoms. The van der Waals surface area contributed by atoms with E-state index >= 15 is 0 Å². The van der Waals surface area contributed by atoms with Gasteiger partial charge in [0.15, 0.2) is 0 Å². The van der Waals surface area contributed by atoms with E-state index in [2.05, 4.69) is 13.5 Å². The van der Waals surface area contributed by atoms with E-state index in [1.54, 1.807) is 0 Å². The van der Waals surface area contributed by atoms with Crippen LogP contribution in [0.3, 0.4) is 0 Å². The lowest BCUT2D eigenvalue weighted by Gasteiger charge is -2.40. The van der Waals surface area contributed by atoms with Crippen LogP contribution in [0.15, 0.2) is 12.2 Å². The first-order valence-electron chi connectivity index (χ1n) is 5.90. The second-order valence-corrected chi connectivity index (χ2v) is 5.59. The lowest BCUT2D eigenvalue weighted by Crippen LogP contribution is -2.34. The van der Waals surface area contributed by atoms with Gasteiger partial charge in [0.1, 0.15) is 0 Å².